The molecule has 1 unspecified atom stereocenters. The van der Waals surface area contributed by atoms with Crippen molar-refractivity contribution in [2.75, 3.05) is 25.7 Å². The van der Waals surface area contributed by atoms with Gasteiger partial charge in [-0.1, -0.05) is 0 Å². The Balaban J connectivity index is 2.31. The van der Waals surface area contributed by atoms with Crippen molar-refractivity contribution < 1.29 is 21.6 Å². The molecule has 0 radical (unpaired) electrons. The SMILES string of the molecule is COc1ccc(S(=O)(=O)N(C)C2CCS(=O)(=O)C2)cc1C. The predicted molar refractivity (Wildman–Crippen MR) is 79.7 cm³/mol. The summed E-state index contributed by atoms with van der Waals surface area (Å²) in [5, 5.41) is 0. The Hall–Kier alpha value is -1.12. The van der Waals surface area contributed by atoms with E-state index >= 15 is 0 Å². The highest BCUT2D eigenvalue weighted by Gasteiger charge is 2.36. The van der Waals surface area contributed by atoms with Gasteiger partial charge >= 0.3 is 0 Å². The van der Waals surface area contributed by atoms with Gasteiger partial charge in [0, 0.05) is 13.1 Å². The second-order valence-electron chi connectivity index (χ2n) is 5.21. The molecule has 1 saturated heterocycles. The third-order valence-electron chi connectivity index (χ3n) is 3.77. The van der Waals surface area contributed by atoms with Crippen molar-refractivity contribution in [1.29, 1.82) is 0 Å². The molecule has 0 aliphatic carbocycles. The Morgan fingerprint density at radius 1 is 1.33 bits per heavy atom. The maximum absolute atomic E-state index is 12.6. The van der Waals surface area contributed by atoms with Crippen LogP contribution in [0.2, 0.25) is 0 Å². The molecule has 1 aliphatic heterocycles. The minimum Gasteiger partial charge on any atom is -0.496 e. The first-order valence-corrected chi connectivity index (χ1v) is 9.76. The quantitative estimate of drug-likeness (QED) is 0.814. The van der Waals surface area contributed by atoms with Gasteiger partial charge in [0.05, 0.1) is 23.5 Å². The van der Waals surface area contributed by atoms with Crippen LogP contribution in [0, 0.1) is 6.92 Å². The number of nitrogens with zero attached hydrogens (tertiary/aromatic N) is 1. The summed E-state index contributed by atoms with van der Waals surface area (Å²) >= 11 is 0. The van der Waals surface area contributed by atoms with Crippen molar-refractivity contribution in [3.05, 3.63) is 23.8 Å². The van der Waals surface area contributed by atoms with E-state index in [1.54, 1.807) is 13.0 Å². The van der Waals surface area contributed by atoms with Crippen molar-refractivity contribution in [2.45, 2.75) is 24.3 Å². The summed E-state index contributed by atoms with van der Waals surface area (Å²) in [6.07, 6.45) is 0.340. The molecule has 0 N–H and O–H groups in total. The largest absolute Gasteiger partial charge is 0.496 e. The first kappa shape index (κ1) is 16.3. The Morgan fingerprint density at radius 3 is 2.48 bits per heavy atom. The van der Waals surface area contributed by atoms with Crippen LogP contribution in [0.25, 0.3) is 0 Å². The molecule has 1 aromatic rings. The highest BCUT2D eigenvalue weighted by molar-refractivity contribution is 7.92. The van der Waals surface area contributed by atoms with Gasteiger partial charge in [-0.15, -0.1) is 0 Å². The van der Waals surface area contributed by atoms with Crippen LogP contribution in [0.15, 0.2) is 23.1 Å². The maximum Gasteiger partial charge on any atom is 0.243 e. The van der Waals surface area contributed by atoms with E-state index in [-0.39, 0.29) is 16.4 Å². The van der Waals surface area contributed by atoms with Crippen LogP contribution >= 0.6 is 0 Å². The molecular formula is C13H19NO5S2. The molecule has 1 fully saturated rings. The molecule has 1 aliphatic rings. The van der Waals surface area contributed by atoms with Crippen molar-refractivity contribution in [3.63, 3.8) is 0 Å². The number of sulfonamides is 1. The van der Waals surface area contributed by atoms with Crippen LogP contribution < -0.4 is 4.74 Å². The number of hydrogen-bond acceptors (Lipinski definition) is 5. The third-order valence-corrected chi connectivity index (χ3v) is 7.42. The summed E-state index contributed by atoms with van der Waals surface area (Å²) in [6.45, 7) is 1.76. The normalized spacial score (nSPS) is 21.6. The summed E-state index contributed by atoms with van der Waals surface area (Å²) in [6, 6.07) is 4.11. The van der Waals surface area contributed by atoms with Crippen molar-refractivity contribution in [3.8, 4) is 5.75 Å². The van der Waals surface area contributed by atoms with Gasteiger partial charge in [0.25, 0.3) is 0 Å². The standard InChI is InChI=1S/C13H19NO5S2/c1-10-8-12(4-5-13(10)19-3)21(17,18)14(2)11-6-7-20(15,16)9-11/h4-5,8,11H,6-7,9H2,1-3H3. The molecule has 0 spiro atoms. The van der Waals surface area contributed by atoms with E-state index < -0.39 is 25.9 Å². The lowest BCUT2D eigenvalue weighted by Crippen LogP contribution is -2.37. The fourth-order valence-corrected chi connectivity index (χ4v) is 5.78. The van der Waals surface area contributed by atoms with E-state index in [4.69, 9.17) is 4.74 Å². The summed E-state index contributed by atoms with van der Waals surface area (Å²) in [5.41, 5.74) is 0.714. The number of sulfone groups is 1. The molecule has 0 amide bonds. The molecule has 1 aromatic carbocycles. The first-order valence-electron chi connectivity index (χ1n) is 6.50. The van der Waals surface area contributed by atoms with E-state index in [0.29, 0.717) is 17.7 Å². The Kier molecular flexibility index (Phi) is 4.32. The Labute approximate surface area is 125 Å². The van der Waals surface area contributed by atoms with E-state index in [1.165, 1.54) is 30.6 Å². The fraction of sp³-hybridized carbons (Fsp3) is 0.538. The van der Waals surface area contributed by atoms with Gasteiger partial charge in [-0.2, -0.15) is 4.31 Å². The predicted octanol–water partition coefficient (Wildman–Crippen LogP) is 0.811. The lowest BCUT2D eigenvalue weighted by molar-refractivity contribution is 0.393. The molecule has 1 heterocycles. The number of aryl methyl sites for hydroxylation is 1. The van der Waals surface area contributed by atoms with Gasteiger partial charge < -0.3 is 4.74 Å². The minimum absolute atomic E-state index is 0.0408. The van der Waals surface area contributed by atoms with Crippen LogP contribution in [0.3, 0.4) is 0 Å². The third kappa shape index (κ3) is 3.22. The zero-order valence-electron chi connectivity index (χ0n) is 12.2. The average molecular weight is 333 g/mol. The van der Waals surface area contributed by atoms with Crippen LogP contribution in [-0.2, 0) is 19.9 Å². The van der Waals surface area contributed by atoms with E-state index in [2.05, 4.69) is 0 Å². The minimum atomic E-state index is -3.71. The lowest BCUT2D eigenvalue weighted by Gasteiger charge is -2.23. The lowest BCUT2D eigenvalue weighted by atomic mass is 10.2. The van der Waals surface area contributed by atoms with Gasteiger partial charge in [-0.05, 0) is 37.1 Å². The van der Waals surface area contributed by atoms with Gasteiger partial charge in [-0.25, -0.2) is 16.8 Å². The monoisotopic (exact) mass is 333 g/mol. The fourth-order valence-electron chi connectivity index (χ4n) is 2.44. The number of benzene rings is 1. The summed E-state index contributed by atoms with van der Waals surface area (Å²) in [5.74, 6) is 0.539. The number of hydrogen-bond donors (Lipinski definition) is 0. The molecule has 6 nitrogen and oxygen atoms in total. The van der Waals surface area contributed by atoms with Gasteiger partial charge in [-0.3, -0.25) is 0 Å². The number of ether oxygens (including phenoxy) is 1. The first-order chi connectivity index (χ1) is 9.67. The molecule has 0 aromatic heterocycles. The molecule has 21 heavy (non-hydrogen) atoms. The second kappa shape index (κ2) is 5.58. The summed E-state index contributed by atoms with van der Waals surface area (Å²) < 4.78 is 54.4. The Bertz CT molecular complexity index is 740. The highest BCUT2D eigenvalue weighted by Crippen LogP contribution is 2.26. The van der Waals surface area contributed by atoms with Crippen LogP contribution in [0.4, 0.5) is 0 Å². The van der Waals surface area contributed by atoms with Crippen LogP contribution in [0.1, 0.15) is 12.0 Å². The molecule has 0 saturated carbocycles. The highest BCUT2D eigenvalue weighted by atomic mass is 32.2. The molecule has 0 bridgehead atoms. The summed E-state index contributed by atoms with van der Waals surface area (Å²) in [4.78, 5) is 0.146. The molecular weight excluding hydrogens is 314 g/mol. The van der Waals surface area contributed by atoms with Crippen molar-refractivity contribution in [1.82, 2.24) is 4.31 Å². The van der Waals surface area contributed by atoms with Crippen LogP contribution in [0.5, 0.6) is 5.75 Å². The zero-order valence-corrected chi connectivity index (χ0v) is 13.9. The van der Waals surface area contributed by atoms with E-state index in [1.807, 2.05) is 0 Å². The van der Waals surface area contributed by atoms with Crippen molar-refractivity contribution >= 4 is 19.9 Å². The van der Waals surface area contributed by atoms with Crippen LogP contribution in [-0.4, -0.2) is 52.8 Å². The van der Waals surface area contributed by atoms with Gasteiger partial charge in [0.1, 0.15) is 5.75 Å². The van der Waals surface area contributed by atoms with E-state index in [0.717, 1.165) is 0 Å². The summed E-state index contributed by atoms with van der Waals surface area (Å²) in [7, 11) is -3.88. The number of methoxy groups -OCH3 is 1. The van der Waals surface area contributed by atoms with Gasteiger partial charge in [0.15, 0.2) is 9.84 Å². The maximum atomic E-state index is 12.6. The average Bonchev–Trinajstić information content (AvgIpc) is 2.77. The Morgan fingerprint density at radius 2 is 2.00 bits per heavy atom. The van der Waals surface area contributed by atoms with E-state index in [9.17, 15) is 16.8 Å². The second-order valence-corrected chi connectivity index (χ2v) is 9.44. The molecule has 118 valence electrons. The molecule has 8 heteroatoms. The molecule has 2 rings (SSSR count). The number of rotatable bonds is 4. The topological polar surface area (TPSA) is 80.8 Å². The smallest absolute Gasteiger partial charge is 0.243 e. The van der Waals surface area contributed by atoms with Gasteiger partial charge in [0.2, 0.25) is 10.0 Å². The molecule has 1 atom stereocenters. The zero-order chi connectivity index (χ0) is 15.8. The van der Waals surface area contributed by atoms with Crippen molar-refractivity contribution in [2.24, 2.45) is 0 Å².